The molecule has 0 aromatic carbocycles. The van der Waals surface area contributed by atoms with Crippen LogP contribution < -0.4 is 5.32 Å². The molecule has 1 heterocycles. The zero-order valence-electron chi connectivity index (χ0n) is 12.5. The zero-order valence-corrected chi connectivity index (χ0v) is 12.5. The lowest BCUT2D eigenvalue weighted by Gasteiger charge is -2.30. The lowest BCUT2D eigenvalue weighted by Crippen LogP contribution is -2.51. The molecule has 0 aromatic rings. The van der Waals surface area contributed by atoms with Gasteiger partial charge in [0.15, 0.2) is 0 Å². The van der Waals surface area contributed by atoms with E-state index in [-0.39, 0.29) is 30.3 Å². The van der Waals surface area contributed by atoms with Crippen LogP contribution >= 0.6 is 0 Å². The Bertz CT molecular complexity index is 440. The van der Waals surface area contributed by atoms with Crippen LogP contribution in [0.5, 0.6) is 0 Å². The number of carboxylic acids is 1. The van der Waals surface area contributed by atoms with Crippen LogP contribution in [0.25, 0.3) is 0 Å². The summed E-state index contributed by atoms with van der Waals surface area (Å²) in [7, 11) is 1.51. The summed E-state index contributed by atoms with van der Waals surface area (Å²) in [6, 6.07) is -1.09. The van der Waals surface area contributed by atoms with E-state index < -0.39 is 12.0 Å². The first-order valence-corrected chi connectivity index (χ1v) is 7.48. The summed E-state index contributed by atoms with van der Waals surface area (Å²) in [6.07, 6.45) is 2.89. The number of amides is 3. The van der Waals surface area contributed by atoms with Gasteiger partial charge in [-0.3, -0.25) is 4.79 Å². The van der Waals surface area contributed by atoms with Crippen LogP contribution in [0.2, 0.25) is 0 Å². The molecule has 1 saturated heterocycles. The van der Waals surface area contributed by atoms with Crippen molar-refractivity contribution in [1.29, 1.82) is 0 Å². The van der Waals surface area contributed by atoms with Crippen LogP contribution in [-0.2, 0) is 9.59 Å². The van der Waals surface area contributed by atoms with Crippen molar-refractivity contribution in [3.05, 3.63) is 0 Å². The van der Waals surface area contributed by atoms with Crippen molar-refractivity contribution in [2.45, 2.75) is 32.2 Å². The molecule has 0 aromatic heterocycles. The number of nitrogens with one attached hydrogen (secondary N) is 1. The monoisotopic (exact) mass is 297 g/mol. The van der Waals surface area contributed by atoms with Crippen molar-refractivity contribution < 1.29 is 19.5 Å². The molecule has 1 aliphatic carbocycles. The molecule has 21 heavy (non-hydrogen) atoms. The first kappa shape index (κ1) is 15.6. The number of hydrogen-bond donors (Lipinski definition) is 2. The number of carbonyl (C=O) groups is 3. The van der Waals surface area contributed by atoms with Gasteiger partial charge in [0.25, 0.3) is 0 Å². The standard InChI is InChI=1S/C14H23N3O4/c1-3-16(8-11(18)15-2)14(21)17-7-9-5-4-6-10(9)12(17)13(19)20/h9-10,12H,3-8H2,1-2H3,(H,15,18)(H,19,20). The molecule has 1 aliphatic heterocycles. The topological polar surface area (TPSA) is 90.0 Å². The molecule has 1 saturated carbocycles. The SMILES string of the molecule is CCN(CC(=O)NC)C(=O)N1CC2CCCC2C1C(=O)O. The molecule has 7 heteroatoms. The summed E-state index contributed by atoms with van der Waals surface area (Å²) in [6.45, 7) is 2.62. The average molecular weight is 297 g/mol. The Balaban J connectivity index is 2.13. The molecule has 0 radical (unpaired) electrons. The smallest absolute Gasteiger partial charge is 0.326 e. The van der Waals surface area contributed by atoms with E-state index in [4.69, 9.17) is 0 Å². The fourth-order valence-electron chi connectivity index (χ4n) is 3.57. The van der Waals surface area contributed by atoms with Gasteiger partial charge in [0.2, 0.25) is 5.91 Å². The maximum Gasteiger partial charge on any atom is 0.326 e. The summed E-state index contributed by atoms with van der Waals surface area (Å²) in [5, 5.41) is 12.0. The van der Waals surface area contributed by atoms with Gasteiger partial charge in [0.1, 0.15) is 12.6 Å². The number of likely N-dealkylation sites (tertiary alicyclic amines) is 1. The van der Waals surface area contributed by atoms with Crippen molar-refractivity contribution in [1.82, 2.24) is 15.1 Å². The van der Waals surface area contributed by atoms with Crippen LogP contribution in [0.15, 0.2) is 0 Å². The molecule has 7 nitrogen and oxygen atoms in total. The number of carbonyl (C=O) groups excluding carboxylic acids is 2. The van der Waals surface area contributed by atoms with E-state index >= 15 is 0 Å². The maximum atomic E-state index is 12.6. The number of carboxylic acid groups (broad SMARTS) is 1. The zero-order chi connectivity index (χ0) is 15.6. The summed E-state index contributed by atoms with van der Waals surface area (Å²) in [5.74, 6) is -0.843. The molecular formula is C14H23N3O4. The number of rotatable bonds is 4. The first-order valence-electron chi connectivity index (χ1n) is 7.48. The van der Waals surface area contributed by atoms with E-state index in [1.807, 2.05) is 0 Å². The van der Waals surface area contributed by atoms with E-state index in [2.05, 4.69) is 5.32 Å². The Kier molecular flexibility index (Phi) is 4.69. The maximum absolute atomic E-state index is 12.6. The highest BCUT2D eigenvalue weighted by Gasteiger charge is 2.50. The summed E-state index contributed by atoms with van der Waals surface area (Å²) < 4.78 is 0. The van der Waals surface area contributed by atoms with E-state index in [0.717, 1.165) is 19.3 Å². The van der Waals surface area contributed by atoms with Gasteiger partial charge >= 0.3 is 12.0 Å². The Morgan fingerprint density at radius 3 is 2.62 bits per heavy atom. The van der Waals surface area contributed by atoms with Gasteiger partial charge in [0, 0.05) is 20.1 Å². The molecule has 2 aliphatic rings. The number of hydrogen-bond acceptors (Lipinski definition) is 3. The third kappa shape index (κ3) is 2.96. The van der Waals surface area contributed by atoms with Gasteiger partial charge in [0.05, 0.1) is 0 Å². The first-order chi connectivity index (χ1) is 9.99. The molecule has 2 fully saturated rings. The predicted molar refractivity (Wildman–Crippen MR) is 75.7 cm³/mol. The molecule has 2 rings (SSSR count). The van der Waals surface area contributed by atoms with E-state index in [1.165, 1.54) is 16.8 Å². The van der Waals surface area contributed by atoms with Crippen molar-refractivity contribution in [2.75, 3.05) is 26.7 Å². The number of fused-ring (bicyclic) bond motifs is 1. The van der Waals surface area contributed by atoms with Crippen molar-refractivity contribution in [3.63, 3.8) is 0 Å². The quantitative estimate of drug-likeness (QED) is 0.784. The number of nitrogens with zero attached hydrogens (tertiary/aromatic N) is 2. The molecule has 3 unspecified atom stereocenters. The fourth-order valence-corrected chi connectivity index (χ4v) is 3.57. The van der Waals surface area contributed by atoms with Crippen LogP contribution in [0, 0.1) is 11.8 Å². The Morgan fingerprint density at radius 1 is 1.33 bits per heavy atom. The van der Waals surface area contributed by atoms with Crippen LogP contribution in [-0.4, -0.2) is 65.5 Å². The predicted octanol–water partition coefficient (Wildman–Crippen LogP) is 0.359. The molecule has 0 bridgehead atoms. The summed E-state index contributed by atoms with van der Waals surface area (Å²) in [4.78, 5) is 38.5. The lowest BCUT2D eigenvalue weighted by atomic mass is 9.94. The van der Waals surface area contributed by atoms with Crippen LogP contribution in [0.3, 0.4) is 0 Å². The van der Waals surface area contributed by atoms with Crippen LogP contribution in [0.1, 0.15) is 26.2 Å². The molecule has 3 atom stereocenters. The van der Waals surface area contributed by atoms with Gasteiger partial charge in [-0.15, -0.1) is 0 Å². The minimum atomic E-state index is -0.936. The van der Waals surface area contributed by atoms with Gasteiger partial charge in [-0.05, 0) is 31.6 Å². The molecule has 3 amide bonds. The Labute approximate surface area is 124 Å². The van der Waals surface area contributed by atoms with Gasteiger partial charge in [-0.2, -0.15) is 0 Å². The highest BCUT2D eigenvalue weighted by Crippen LogP contribution is 2.42. The molecular weight excluding hydrogens is 274 g/mol. The van der Waals surface area contributed by atoms with Crippen molar-refractivity contribution >= 4 is 17.9 Å². The number of likely N-dealkylation sites (N-methyl/N-ethyl adjacent to an activating group) is 2. The van der Waals surface area contributed by atoms with Crippen LogP contribution in [0.4, 0.5) is 4.79 Å². The second-order valence-corrected chi connectivity index (χ2v) is 5.76. The molecule has 118 valence electrons. The summed E-state index contributed by atoms with van der Waals surface area (Å²) in [5.41, 5.74) is 0. The van der Waals surface area contributed by atoms with E-state index in [0.29, 0.717) is 13.1 Å². The van der Waals surface area contributed by atoms with Crippen molar-refractivity contribution in [3.8, 4) is 0 Å². The second-order valence-electron chi connectivity index (χ2n) is 5.76. The minimum Gasteiger partial charge on any atom is -0.480 e. The number of urea groups is 1. The van der Waals surface area contributed by atoms with Gasteiger partial charge in [-0.1, -0.05) is 6.42 Å². The number of aliphatic carboxylic acids is 1. The largest absolute Gasteiger partial charge is 0.480 e. The van der Waals surface area contributed by atoms with E-state index in [9.17, 15) is 19.5 Å². The van der Waals surface area contributed by atoms with E-state index in [1.54, 1.807) is 6.92 Å². The Morgan fingerprint density at radius 2 is 2.05 bits per heavy atom. The highest BCUT2D eigenvalue weighted by atomic mass is 16.4. The average Bonchev–Trinajstić information content (AvgIpc) is 3.03. The van der Waals surface area contributed by atoms with Gasteiger partial charge in [-0.25, -0.2) is 9.59 Å². The molecule has 2 N–H and O–H groups in total. The highest BCUT2D eigenvalue weighted by molar-refractivity contribution is 5.87. The lowest BCUT2D eigenvalue weighted by molar-refractivity contribution is -0.142. The minimum absolute atomic E-state index is 0.0377. The second kappa shape index (κ2) is 6.32. The molecule has 0 spiro atoms. The third-order valence-electron chi connectivity index (χ3n) is 4.65. The summed E-state index contributed by atoms with van der Waals surface area (Å²) >= 11 is 0. The normalized spacial score (nSPS) is 27.3. The Hall–Kier alpha value is -1.79. The third-order valence-corrected chi connectivity index (χ3v) is 4.65. The fraction of sp³-hybridized carbons (Fsp3) is 0.786. The van der Waals surface area contributed by atoms with Gasteiger partial charge < -0.3 is 20.2 Å². The van der Waals surface area contributed by atoms with Crippen molar-refractivity contribution in [2.24, 2.45) is 11.8 Å².